The third kappa shape index (κ3) is 6.45. The molecule has 0 aromatic carbocycles. The topological polar surface area (TPSA) is 109 Å². The van der Waals surface area contributed by atoms with Crippen molar-refractivity contribution in [2.24, 2.45) is 0 Å². The van der Waals surface area contributed by atoms with Crippen molar-refractivity contribution in [3.63, 3.8) is 0 Å². The van der Waals surface area contributed by atoms with Gasteiger partial charge in [-0.2, -0.15) is 0 Å². The fourth-order valence-corrected chi connectivity index (χ4v) is 2.24. The van der Waals surface area contributed by atoms with Gasteiger partial charge in [0.2, 0.25) is 0 Å². The van der Waals surface area contributed by atoms with Crippen molar-refractivity contribution in [3.05, 3.63) is 0 Å². The molecule has 1 rings (SSSR count). The van der Waals surface area contributed by atoms with Gasteiger partial charge in [0.1, 0.15) is 24.4 Å². The molecule has 4 N–H and O–H groups in total. The summed E-state index contributed by atoms with van der Waals surface area (Å²) in [6, 6.07) is 0. The van der Waals surface area contributed by atoms with Crippen molar-refractivity contribution < 1.29 is 34.6 Å². The molecule has 0 saturated carbocycles. The predicted molar refractivity (Wildman–Crippen MR) is 79.3 cm³/mol. The molecule has 1 saturated heterocycles. The number of rotatable bonds is 11. The van der Waals surface area contributed by atoms with E-state index < -0.39 is 37.3 Å². The molecule has 132 valence electrons. The summed E-state index contributed by atoms with van der Waals surface area (Å²) in [5.41, 5.74) is 0. The molecule has 0 amide bonds. The lowest BCUT2D eigenvalue weighted by molar-refractivity contribution is -0.301. The number of aliphatic hydroxyl groups is 4. The largest absolute Gasteiger partial charge is 0.394 e. The maximum absolute atomic E-state index is 9.78. The Morgan fingerprint density at radius 3 is 2.23 bits per heavy atom. The number of ether oxygens (including phenoxy) is 3. The lowest BCUT2D eigenvalue weighted by Gasteiger charge is -2.39. The van der Waals surface area contributed by atoms with Crippen LogP contribution in [0.25, 0.3) is 0 Å². The average molecular weight is 322 g/mol. The van der Waals surface area contributed by atoms with Gasteiger partial charge in [0, 0.05) is 19.8 Å². The van der Waals surface area contributed by atoms with E-state index in [9.17, 15) is 15.3 Å². The minimum absolute atomic E-state index is 0.373. The van der Waals surface area contributed by atoms with E-state index in [-0.39, 0.29) is 0 Å². The molecule has 5 unspecified atom stereocenters. The van der Waals surface area contributed by atoms with Gasteiger partial charge in [0.05, 0.1) is 6.61 Å². The highest BCUT2D eigenvalue weighted by Gasteiger charge is 2.43. The van der Waals surface area contributed by atoms with Crippen LogP contribution in [-0.2, 0) is 14.2 Å². The fraction of sp³-hybridized carbons (Fsp3) is 1.00. The summed E-state index contributed by atoms with van der Waals surface area (Å²) in [4.78, 5) is 0. The summed E-state index contributed by atoms with van der Waals surface area (Å²) in [5.74, 6) is 0. The van der Waals surface area contributed by atoms with Crippen LogP contribution in [0.5, 0.6) is 0 Å². The van der Waals surface area contributed by atoms with Gasteiger partial charge in [-0.15, -0.1) is 0 Å². The van der Waals surface area contributed by atoms with Crippen LogP contribution in [0, 0.1) is 0 Å². The molecule has 1 fully saturated rings. The molecule has 0 aliphatic carbocycles. The van der Waals surface area contributed by atoms with E-state index in [4.69, 9.17) is 19.3 Å². The van der Waals surface area contributed by atoms with E-state index in [1.54, 1.807) is 0 Å². The zero-order chi connectivity index (χ0) is 16.4. The maximum Gasteiger partial charge on any atom is 0.186 e. The molecular formula is C15H30O7. The van der Waals surface area contributed by atoms with Crippen LogP contribution in [-0.4, -0.2) is 77.6 Å². The SMILES string of the molecule is CCCCOCCCCCOC1OC(CO)C(O)C(O)C1O. The Morgan fingerprint density at radius 1 is 0.864 bits per heavy atom. The van der Waals surface area contributed by atoms with Gasteiger partial charge in [-0.1, -0.05) is 13.3 Å². The predicted octanol–water partition coefficient (Wildman–Crippen LogP) is -0.210. The fourth-order valence-electron chi connectivity index (χ4n) is 2.24. The molecule has 0 aromatic rings. The molecule has 5 atom stereocenters. The van der Waals surface area contributed by atoms with Crippen LogP contribution in [0.2, 0.25) is 0 Å². The third-order valence-electron chi connectivity index (χ3n) is 3.71. The highest BCUT2D eigenvalue weighted by molar-refractivity contribution is 4.88. The minimum atomic E-state index is -1.39. The molecule has 7 nitrogen and oxygen atoms in total. The monoisotopic (exact) mass is 322 g/mol. The van der Waals surface area contributed by atoms with Crippen LogP contribution in [0.3, 0.4) is 0 Å². The average Bonchev–Trinajstić information content (AvgIpc) is 2.53. The number of hydrogen-bond donors (Lipinski definition) is 4. The highest BCUT2D eigenvalue weighted by atomic mass is 16.7. The Bertz CT molecular complexity index is 275. The molecule has 0 radical (unpaired) electrons. The highest BCUT2D eigenvalue weighted by Crippen LogP contribution is 2.22. The van der Waals surface area contributed by atoms with E-state index >= 15 is 0 Å². The lowest BCUT2D eigenvalue weighted by atomic mass is 9.99. The Balaban J connectivity index is 2.11. The van der Waals surface area contributed by atoms with Crippen molar-refractivity contribution in [1.29, 1.82) is 0 Å². The molecule has 0 bridgehead atoms. The molecule has 1 aliphatic heterocycles. The lowest BCUT2D eigenvalue weighted by Crippen LogP contribution is -2.59. The zero-order valence-electron chi connectivity index (χ0n) is 13.3. The van der Waals surface area contributed by atoms with E-state index in [1.807, 2.05) is 0 Å². The molecule has 1 aliphatic rings. The molecule has 7 heteroatoms. The Morgan fingerprint density at radius 2 is 1.55 bits per heavy atom. The first-order chi connectivity index (χ1) is 10.6. The quantitative estimate of drug-likeness (QED) is 0.390. The van der Waals surface area contributed by atoms with Gasteiger partial charge >= 0.3 is 0 Å². The van der Waals surface area contributed by atoms with Crippen LogP contribution in [0.15, 0.2) is 0 Å². The molecule has 1 heterocycles. The third-order valence-corrected chi connectivity index (χ3v) is 3.71. The van der Waals surface area contributed by atoms with Crippen LogP contribution < -0.4 is 0 Å². The summed E-state index contributed by atoms with van der Waals surface area (Å²) < 4.78 is 16.1. The van der Waals surface area contributed by atoms with Crippen molar-refractivity contribution in [2.45, 2.75) is 69.7 Å². The number of aliphatic hydroxyl groups excluding tert-OH is 4. The van der Waals surface area contributed by atoms with Crippen molar-refractivity contribution >= 4 is 0 Å². The first-order valence-corrected chi connectivity index (χ1v) is 8.11. The van der Waals surface area contributed by atoms with Crippen LogP contribution in [0.1, 0.15) is 39.0 Å². The van der Waals surface area contributed by atoms with Gasteiger partial charge in [-0.05, 0) is 25.7 Å². The first kappa shape index (κ1) is 19.8. The van der Waals surface area contributed by atoms with Crippen molar-refractivity contribution in [3.8, 4) is 0 Å². The van der Waals surface area contributed by atoms with Crippen LogP contribution in [0.4, 0.5) is 0 Å². The first-order valence-electron chi connectivity index (χ1n) is 8.11. The smallest absolute Gasteiger partial charge is 0.186 e. The van der Waals surface area contributed by atoms with E-state index in [1.165, 1.54) is 0 Å². The zero-order valence-corrected chi connectivity index (χ0v) is 13.3. The Labute approximate surface area is 131 Å². The summed E-state index contributed by atoms with van der Waals surface area (Å²) in [5, 5.41) is 38.1. The van der Waals surface area contributed by atoms with Gasteiger partial charge < -0.3 is 34.6 Å². The molecule has 22 heavy (non-hydrogen) atoms. The van der Waals surface area contributed by atoms with Gasteiger partial charge in [0.15, 0.2) is 6.29 Å². The van der Waals surface area contributed by atoms with E-state index in [0.29, 0.717) is 6.61 Å². The van der Waals surface area contributed by atoms with E-state index in [2.05, 4.69) is 6.92 Å². The molecular weight excluding hydrogens is 292 g/mol. The van der Waals surface area contributed by atoms with Gasteiger partial charge in [-0.25, -0.2) is 0 Å². The van der Waals surface area contributed by atoms with Crippen molar-refractivity contribution in [2.75, 3.05) is 26.4 Å². The second kappa shape index (κ2) is 11.3. The Hall–Kier alpha value is -0.280. The second-order valence-corrected chi connectivity index (χ2v) is 5.59. The van der Waals surface area contributed by atoms with E-state index in [0.717, 1.165) is 45.3 Å². The minimum Gasteiger partial charge on any atom is -0.394 e. The maximum atomic E-state index is 9.78. The normalized spacial score (nSPS) is 32.3. The summed E-state index contributed by atoms with van der Waals surface area (Å²) >= 11 is 0. The number of hydrogen-bond acceptors (Lipinski definition) is 7. The Kier molecular flexibility index (Phi) is 10.1. The van der Waals surface area contributed by atoms with Gasteiger partial charge in [0.25, 0.3) is 0 Å². The molecule has 0 spiro atoms. The number of unbranched alkanes of at least 4 members (excludes halogenated alkanes) is 3. The molecule has 0 aromatic heterocycles. The standard InChI is InChI=1S/C15H30O7/c1-2-3-7-20-8-5-4-6-9-21-15-14(19)13(18)12(17)11(10-16)22-15/h11-19H,2-10H2,1H3. The van der Waals surface area contributed by atoms with Gasteiger partial charge in [-0.3, -0.25) is 0 Å². The summed E-state index contributed by atoms with van der Waals surface area (Å²) in [6.07, 6.45) is -1.13. The van der Waals surface area contributed by atoms with Crippen LogP contribution >= 0.6 is 0 Å². The summed E-state index contributed by atoms with van der Waals surface area (Å²) in [7, 11) is 0. The second-order valence-electron chi connectivity index (χ2n) is 5.59. The summed E-state index contributed by atoms with van der Waals surface area (Å²) in [6.45, 7) is 3.59. The van der Waals surface area contributed by atoms with Crippen molar-refractivity contribution in [1.82, 2.24) is 0 Å².